The van der Waals surface area contributed by atoms with Crippen LogP contribution in [0.15, 0.2) is 158 Å². The Morgan fingerprint density at radius 1 is 0.256 bits per heavy atom. The summed E-state index contributed by atoms with van der Waals surface area (Å²) in [5, 5.41) is 0. The van der Waals surface area contributed by atoms with Crippen molar-refractivity contribution in [2.45, 2.75) is 290 Å². The first-order valence-electron chi connectivity index (χ1n) is 33.5. The van der Waals surface area contributed by atoms with Crippen LogP contribution in [0.25, 0.3) is 0 Å². The lowest BCUT2D eigenvalue weighted by atomic mass is 10.1. The van der Waals surface area contributed by atoms with Crippen molar-refractivity contribution in [3.8, 4) is 0 Å². The highest BCUT2D eigenvalue weighted by Gasteiger charge is 2.19. The molecule has 6 nitrogen and oxygen atoms in total. The normalized spacial score (nSPS) is 13.2. The van der Waals surface area contributed by atoms with Gasteiger partial charge in [0.05, 0.1) is 0 Å². The molecule has 0 aromatic carbocycles. The summed E-state index contributed by atoms with van der Waals surface area (Å²) in [6.07, 6.45) is 99.8. The van der Waals surface area contributed by atoms with Crippen LogP contribution in [0.1, 0.15) is 284 Å². The largest absolute Gasteiger partial charge is 0.462 e. The molecule has 0 aromatic rings. The van der Waals surface area contributed by atoms with Gasteiger partial charge in [0.25, 0.3) is 0 Å². The number of rotatable bonds is 59. The SMILES string of the molecule is CC/C=C\C/C=C\C/C=C\C/C=C\C/C=C\C/C=C\C/C=C\C/C=C\CCCCCCCCCCC(=O)OCC(COC(=O)CCCCCCCCCC)OC(=O)CCCCCCCCC/C=C\C/C=C\C/C=C\C/C=C\C/C=C\CC. The Morgan fingerprint density at radius 3 is 0.744 bits per heavy atom. The number of ether oxygens (including phenoxy) is 3. The third kappa shape index (κ3) is 65.8. The Bertz CT molecular complexity index is 1830. The summed E-state index contributed by atoms with van der Waals surface area (Å²) in [5.74, 6) is -0.914. The van der Waals surface area contributed by atoms with Crippen LogP contribution in [0.3, 0.4) is 0 Å². The van der Waals surface area contributed by atoms with Crippen LogP contribution < -0.4 is 0 Å². The van der Waals surface area contributed by atoms with E-state index in [1.165, 1.54) is 89.9 Å². The quantitative estimate of drug-likeness (QED) is 0.0261. The second kappa shape index (κ2) is 68.5. The number of hydrogen-bond acceptors (Lipinski definition) is 6. The summed E-state index contributed by atoms with van der Waals surface area (Å²) < 4.78 is 16.9. The van der Waals surface area contributed by atoms with Crippen LogP contribution in [0.4, 0.5) is 0 Å². The van der Waals surface area contributed by atoms with Gasteiger partial charge in [-0.05, 0) is 128 Å². The van der Waals surface area contributed by atoms with Gasteiger partial charge in [0, 0.05) is 19.3 Å². The van der Waals surface area contributed by atoms with Crippen LogP contribution in [0, 0.1) is 0 Å². The van der Waals surface area contributed by atoms with E-state index in [2.05, 4.69) is 179 Å². The van der Waals surface area contributed by atoms with E-state index in [9.17, 15) is 14.4 Å². The van der Waals surface area contributed by atoms with Gasteiger partial charge in [0.2, 0.25) is 0 Å². The first kappa shape index (κ1) is 77.0. The van der Waals surface area contributed by atoms with Crippen LogP contribution >= 0.6 is 0 Å². The molecule has 0 amide bonds. The molecule has 0 spiro atoms. The minimum atomic E-state index is -0.793. The first-order valence-corrected chi connectivity index (χ1v) is 33.5. The van der Waals surface area contributed by atoms with Crippen LogP contribution in [-0.2, 0) is 28.6 Å². The molecule has 0 bridgehead atoms. The summed E-state index contributed by atoms with van der Waals surface area (Å²) in [4.78, 5) is 38.2. The fourth-order valence-electron chi connectivity index (χ4n) is 8.84. The highest BCUT2D eigenvalue weighted by molar-refractivity contribution is 5.71. The predicted molar refractivity (Wildman–Crippen MR) is 357 cm³/mol. The summed E-state index contributed by atoms with van der Waals surface area (Å²) in [7, 11) is 0. The molecule has 0 saturated heterocycles. The molecule has 0 radical (unpaired) electrons. The second-order valence-corrected chi connectivity index (χ2v) is 21.6. The average molecular weight is 1130 g/mol. The lowest BCUT2D eigenvalue weighted by molar-refractivity contribution is -0.167. The summed E-state index contributed by atoms with van der Waals surface area (Å²) in [5.41, 5.74) is 0. The van der Waals surface area contributed by atoms with E-state index in [0.29, 0.717) is 19.3 Å². The predicted octanol–water partition coefficient (Wildman–Crippen LogP) is 23.3. The first-order chi connectivity index (χ1) is 40.5. The number of carbonyl (C=O) groups excluding carboxylic acids is 3. The molecule has 82 heavy (non-hydrogen) atoms. The van der Waals surface area contributed by atoms with E-state index in [-0.39, 0.29) is 31.1 Å². The molecule has 0 aliphatic carbocycles. The molecular formula is C76H122O6. The average Bonchev–Trinajstić information content (AvgIpc) is 3.47. The van der Waals surface area contributed by atoms with Crippen molar-refractivity contribution in [1.82, 2.24) is 0 Å². The van der Waals surface area contributed by atoms with Gasteiger partial charge in [-0.2, -0.15) is 0 Å². The molecule has 0 rings (SSSR count). The summed E-state index contributed by atoms with van der Waals surface area (Å²) >= 11 is 0. The van der Waals surface area contributed by atoms with Crippen LogP contribution in [-0.4, -0.2) is 37.2 Å². The zero-order valence-electron chi connectivity index (χ0n) is 52.9. The Morgan fingerprint density at radius 2 is 0.476 bits per heavy atom. The Labute approximate surface area is 505 Å². The van der Waals surface area contributed by atoms with E-state index in [0.717, 1.165) is 154 Å². The molecule has 0 saturated carbocycles. The summed E-state index contributed by atoms with van der Waals surface area (Å²) in [6.45, 7) is 6.37. The molecular weight excluding hydrogens is 1010 g/mol. The zero-order valence-corrected chi connectivity index (χ0v) is 52.9. The molecule has 0 aliphatic heterocycles. The monoisotopic (exact) mass is 1130 g/mol. The number of hydrogen-bond donors (Lipinski definition) is 0. The Hall–Kier alpha value is -4.97. The van der Waals surface area contributed by atoms with Crippen molar-refractivity contribution in [3.05, 3.63) is 158 Å². The van der Waals surface area contributed by atoms with E-state index in [1.54, 1.807) is 0 Å². The third-order valence-corrected chi connectivity index (χ3v) is 13.8. The van der Waals surface area contributed by atoms with Gasteiger partial charge < -0.3 is 14.2 Å². The van der Waals surface area contributed by atoms with Gasteiger partial charge >= 0.3 is 17.9 Å². The topological polar surface area (TPSA) is 78.9 Å². The Balaban J connectivity index is 4.22. The maximum absolute atomic E-state index is 12.9. The highest BCUT2D eigenvalue weighted by atomic mass is 16.6. The third-order valence-electron chi connectivity index (χ3n) is 13.8. The van der Waals surface area contributed by atoms with Crippen molar-refractivity contribution in [2.24, 2.45) is 0 Å². The molecule has 1 unspecified atom stereocenters. The Kier molecular flexibility index (Phi) is 64.4. The lowest BCUT2D eigenvalue weighted by Crippen LogP contribution is -2.30. The molecule has 0 aliphatic rings. The van der Waals surface area contributed by atoms with E-state index in [1.807, 2.05) is 0 Å². The van der Waals surface area contributed by atoms with Crippen molar-refractivity contribution in [1.29, 1.82) is 0 Å². The van der Waals surface area contributed by atoms with E-state index < -0.39 is 6.10 Å². The zero-order chi connectivity index (χ0) is 59.2. The van der Waals surface area contributed by atoms with Gasteiger partial charge in [0.1, 0.15) is 13.2 Å². The molecule has 0 aromatic heterocycles. The van der Waals surface area contributed by atoms with Gasteiger partial charge in [-0.1, -0.05) is 294 Å². The number of unbranched alkanes of at least 4 members (excludes halogenated alkanes) is 22. The van der Waals surface area contributed by atoms with Gasteiger partial charge in [-0.3, -0.25) is 14.4 Å². The van der Waals surface area contributed by atoms with Gasteiger partial charge in [0.15, 0.2) is 6.10 Å². The van der Waals surface area contributed by atoms with E-state index in [4.69, 9.17) is 14.2 Å². The highest BCUT2D eigenvalue weighted by Crippen LogP contribution is 2.15. The second-order valence-electron chi connectivity index (χ2n) is 21.6. The smallest absolute Gasteiger partial charge is 0.306 e. The molecule has 1 atom stereocenters. The van der Waals surface area contributed by atoms with Gasteiger partial charge in [-0.15, -0.1) is 0 Å². The van der Waals surface area contributed by atoms with Crippen molar-refractivity contribution in [2.75, 3.05) is 13.2 Å². The molecule has 0 fully saturated rings. The van der Waals surface area contributed by atoms with Crippen molar-refractivity contribution >= 4 is 17.9 Å². The fourth-order valence-corrected chi connectivity index (χ4v) is 8.84. The van der Waals surface area contributed by atoms with E-state index >= 15 is 0 Å². The maximum atomic E-state index is 12.9. The molecule has 0 heterocycles. The molecule has 0 N–H and O–H groups in total. The lowest BCUT2D eigenvalue weighted by Gasteiger charge is -2.18. The van der Waals surface area contributed by atoms with Crippen LogP contribution in [0.5, 0.6) is 0 Å². The summed E-state index contributed by atoms with van der Waals surface area (Å²) in [6, 6.07) is 0. The molecule has 462 valence electrons. The van der Waals surface area contributed by atoms with Gasteiger partial charge in [-0.25, -0.2) is 0 Å². The minimum Gasteiger partial charge on any atom is -0.462 e. The standard InChI is InChI=1S/C76H122O6/c1-4-7-10-13-16-19-21-23-25-27-29-31-33-34-35-36-37-38-39-40-41-42-44-45-47-49-51-53-55-57-60-63-66-69-75(78)81-72-73(71-80-74(77)68-65-62-59-18-15-12-9-6-3)82-76(79)70-67-64-61-58-56-54-52-50-48-46-43-32-30-28-26-24-22-20-17-14-11-8-5-2/h7-8,10-11,16-17,19-20,23-26,29-32,34-35,37-38,40-41,44-46,48,73H,4-6,9,12-15,18,21-22,27-28,33,36,39,42-43,47,49-72H2,1-3H3/b10-7-,11-8-,19-16-,20-17-,25-23-,26-24-,31-29-,32-30-,35-34-,38-37-,41-40-,45-44-,48-46-. The van der Waals surface area contributed by atoms with Crippen molar-refractivity contribution < 1.29 is 28.6 Å². The number of carbonyl (C=O) groups is 3. The number of allylic oxidation sites excluding steroid dienone is 26. The molecule has 6 heteroatoms. The fraction of sp³-hybridized carbons (Fsp3) is 0.618. The van der Waals surface area contributed by atoms with Crippen LogP contribution in [0.2, 0.25) is 0 Å². The number of esters is 3. The van der Waals surface area contributed by atoms with Crippen molar-refractivity contribution in [3.63, 3.8) is 0 Å². The minimum absolute atomic E-state index is 0.0888. The maximum Gasteiger partial charge on any atom is 0.306 e.